The summed E-state index contributed by atoms with van der Waals surface area (Å²) in [6.45, 7) is 12.6. The molecular formula is C19H33NO4Si. The highest BCUT2D eigenvalue weighted by atomic mass is 28.4. The number of rotatable bonds is 9. The minimum atomic E-state index is -1.76. The highest BCUT2D eigenvalue weighted by molar-refractivity contribution is 6.74. The fourth-order valence-electron chi connectivity index (χ4n) is 2.52. The first-order valence-corrected chi connectivity index (χ1v) is 11.8. The number of methoxy groups -OCH3 is 1. The van der Waals surface area contributed by atoms with E-state index in [1.165, 1.54) is 0 Å². The summed E-state index contributed by atoms with van der Waals surface area (Å²) >= 11 is 0. The lowest BCUT2D eigenvalue weighted by Gasteiger charge is -2.36. The fraction of sp³-hybridized carbons (Fsp3) is 0.684. The molecule has 1 fully saturated rings. The van der Waals surface area contributed by atoms with Crippen LogP contribution in [-0.2, 0) is 25.2 Å². The van der Waals surface area contributed by atoms with Gasteiger partial charge >= 0.3 is 0 Å². The molecule has 142 valence electrons. The minimum Gasteiger partial charge on any atom is -0.414 e. The molecule has 2 N–H and O–H groups in total. The lowest BCUT2D eigenvalue weighted by molar-refractivity contribution is -0.0393. The molecule has 0 aromatic heterocycles. The molecule has 0 radical (unpaired) electrons. The van der Waals surface area contributed by atoms with Gasteiger partial charge in [-0.1, -0.05) is 45.0 Å². The number of benzene rings is 1. The molecule has 1 aromatic carbocycles. The topological polar surface area (TPSA) is 66.2 Å². The van der Waals surface area contributed by atoms with Gasteiger partial charge in [0.25, 0.3) is 0 Å². The Morgan fingerprint density at radius 1 is 1.24 bits per heavy atom. The van der Waals surface area contributed by atoms with Gasteiger partial charge in [-0.2, -0.15) is 0 Å². The summed E-state index contributed by atoms with van der Waals surface area (Å²) in [6.07, 6.45) is 0.0884. The average Bonchev–Trinajstić information content (AvgIpc) is 3.32. The molecule has 3 atom stereocenters. The van der Waals surface area contributed by atoms with Crippen molar-refractivity contribution in [3.8, 4) is 0 Å². The summed E-state index contributed by atoms with van der Waals surface area (Å²) in [5.74, 6) is 0. The molecule has 0 amide bonds. The van der Waals surface area contributed by atoms with Crippen molar-refractivity contribution in [2.24, 2.45) is 5.73 Å². The predicted octanol–water partition coefficient (Wildman–Crippen LogP) is 3.60. The third-order valence-corrected chi connectivity index (χ3v) is 9.76. The van der Waals surface area contributed by atoms with Gasteiger partial charge in [-0.05, 0) is 29.3 Å². The lowest BCUT2D eigenvalue weighted by Crippen LogP contribution is -2.42. The van der Waals surface area contributed by atoms with E-state index in [-0.39, 0.29) is 30.1 Å². The van der Waals surface area contributed by atoms with Crippen molar-refractivity contribution >= 4 is 8.32 Å². The minimum absolute atomic E-state index is 0.00773. The third-order valence-electron chi connectivity index (χ3n) is 5.26. The van der Waals surface area contributed by atoms with Crippen molar-refractivity contribution in [3.05, 3.63) is 35.4 Å². The molecule has 0 bridgehead atoms. The normalized spacial score (nSPS) is 22.0. The number of hydrogen-bond donors (Lipinski definition) is 1. The van der Waals surface area contributed by atoms with Crippen molar-refractivity contribution < 1.29 is 18.6 Å². The zero-order chi connectivity index (χ0) is 18.7. The number of hydrogen-bond acceptors (Lipinski definition) is 5. The Hall–Kier alpha value is -0.763. The van der Waals surface area contributed by atoms with Crippen LogP contribution in [-0.4, -0.2) is 41.0 Å². The first-order chi connectivity index (χ1) is 11.7. The van der Waals surface area contributed by atoms with Crippen molar-refractivity contribution in [2.75, 3.05) is 20.5 Å². The molecule has 1 aliphatic heterocycles. The molecule has 25 heavy (non-hydrogen) atoms. The Morgan fingerprint density at radius 2 is 1.92 bits per heavy atom. The Morgan fingerprint density at radius 3 is 2.56 bits per heavy atom. The van der Waals surface area contributed by atoms with Crippen LogP contribution < -0.4 is 5.73 Å². The van der Waals surface area contributed by atoms with E-state index in [9.17, 15) is 0 Å². The summed E-state index contributed by atoms with van der Waals surface area (Å²) in [5, 5.41) is 0.199. The van der Waals surface area contributed by atoms with E-state index < -0.39 is 8.32 Å². The third kappa shape index (κ3) is 5.36. The van der Waals surface area contributed by atoms with Gasteiger partial charge in [-0.25, -0.2) is 0 Å². The molecule has 0 saturated carbocycles. The number of nitrogens with two attached hydrogens (primary N) is 1. The van der Waals surface area contributed by atoms with Gasteiger partial charge in [-0.3, -0.25) is 0 Å². The molecule has 0 spiro atoms. The number of ether oxygens (including phenoxy) is 3. The van der Waals surface area contributed by atoms with Crippen LogP contribution in [0.2, 0.25) is 18.1 Å². The summed E-state index contributed by atoms with van der Waals surface area (Å²) in [7, 11) is -0.145. The maximum absolute atomic E-state index is 6.46. The lowest BCUT2D eigenvalue weighted by atomic mass is 9.98. The van der Waals surface area contributed by atoms with Gasteiger partial charge in [0, 0.05) is 7.11 Å². The monoisotopic (exact) mass is 367 g/mol. The van der Waals surface area contributed by atoms with Gasteiger partial charge in [0.2, 0.25) is 0 Å². The van der Waals surface area contributed by atoms with Crippen LogP contribution in [0.15, 0.2) is 24.3 Å². The van der Waals surface area contributed by atoms with Crippen LogP contribution in [0.4, 0.5) is 0 Å². The van der Waals surface area contributed by atoms with Crippen LogP contribution in [0.25, 0.3) is 0 Å². The maximum Gasteiger partial charge on any atom is 0.192 e. The zero-order valence-corrected chi connectivity index (χ0v) is 17.4. The Bertz CT molecular complexity index is 559. The second-order valence-corrected chi connectivity index (χ2v) is 13.0. The molecule has 0 aliphatic carbocycles. The van der Waals surface area contributed by atoms with Crippen molar-refractivity contribution in [3.63, 3.8) is 0 Å². The van der Waals surface area contributed by atoms with Crippen molar-refractivity contribution in [2.45, 2.75) is 63.8 Å². The molecule has 1 aliphatic rings. The van der Waals surface area contributed by atoms with Crippen LogP contribution in [0.3, 0.4) is 0 Å². The molecule has 0 unspecified atom stereocenters. The molecule has 1 aromatic rings. The van der Waals surface area contributed by atoms with E-state index in [2.05, 4.69) is 33.9 Å². The zero-order valence-electron chi connectivity index (χ0n) is 16.4. The smallest absolute Gasteiger partial charge is 0.192 e. The Kier molecular flexibility index (Phi) is 6.81. The Labute approximate surface area is 152 Å². The Balaban J connectivity index is 1.92. The van der Waals surface area contributed by atoms with Crippen LogP contribution in [0.1, 0.15) is 37.9 Å². The van der Waals surface area contributed by atoms with E-state index in [0.29, 0.717) is 13.2 Å². The molecule has 1 saturated heterocycles. The van der Waals surface area contributed by atoms with Gasteiger partial charge in [-0.15, -0.1) is 0 Å². The standard InChI is InChI=1S/C19H33NO4Si/c1-19(2,3)25(5,6)23-12-16-18(24-16)17(20)15-10-8-7-9-14(15)11-22-13-21-4/h7-10,16-18H,11-13,20H2,1-6H3/t16-,17+,18+/m0/s1. The highest BCUT2D eigenvalue weighted by Gasteiger charge is 2.47. The van der Waals surface area contributed by atoms with Crippen molar-refractivity contribution in [1.82, 2.24) is 0 Å². The summed E-state index contributed by atoms with van der Waals surface area (Å²) in [4.78, 5) is 0. The molecule has 5 nitrogen and oxygen atoms in total. The van der Waals surface area contributed by atoms with E-state index in [1.54, 1.807) is 7.11 Å². The summed E-state index contributed by atoms with van der Waals surface area (Å²) in [5.41, 5.74) is 8.61. The maximum atomic E-state index is 6.46. The predicted molar refractivity (Wildman–Crippen MR) is 102 cm³/mol. The van der Waals surface area contributed by atoms with Crippen LogP contribution >= 0.6 is 0 Å². The summed E-state index contributed by atoms with van der Waals surface area (Å²) < 4.78 is 22.5. The largest absolute Gasteiger partial charge is 0.414 e. The summed E-state index contributed by atoms with van der Waals surface area (Å²) in [6, 6.07) is 7.90. The van der Waals surface area contributed by atoms with Gasteiger partial charge in [0.05, 0.1) is 19.3 Å². The molecule has 6 heteroatoms. The second-order valence-electron chi connectivity index (χ2n) is 8.19. The van der Waals surface area contributed by atoms with E-state index in [0.717, 1.165) is 11.1 Å². The highest BCUT2D eigenvalue weighted by Crippen LogP contribution is 2.39. The molecular weight excluding hydrogens is 334 g/mol. The van der Waals surface area contributed by atoms with Crippen molar-refractivity contribution in [1.29, 1.82) is 0 Å². The first-order valence-electron chi connectivity index (χ1n) is 8.87. The van der Waals surface area contributed by atoms with Gasteiger partial charge in [0.15, 0.2) is 8.32 Å². The van der Waals surface area contributed by atoms with Gasteiger partial charge in [0.1, 0.15) is 19.0 Å². The van der Waals surface area contributed by atoms with E-state index in [1.807, 2.05) is 24.3 Å². The first kappa shape index (κ1) is 20.5. The molecule has 2 rings (SSSR count). The number of epoxide rings is 1. The van der Waals surface area contributed by atoms with Crippen LogP contribution in [0.5, 0.6) is 0 Å². The van der Waals surface area contributed by atoms with E-state index >= 15 is 0 Å². The van der Waals surface area contributed by atoms with Crippen LogP contribution in [0, 0.1) is 0 Å². The average molecular weight is 368 g/mol. The van der Waals surface area contributed by atoms with E-state index in [4.69, 9.17) is 24.4 Å². The fourth-order valence-corrected chi connectivity index (χ4v) is 3.53. The second kappa shape index (κ2) is 8.29. The quantitative estimate of drug-likeness (QED) is 0.313. The van der Waals surface area contributed by atoms with Gasteiger partial charge < -0.3 is 24.4 Å². The molecule has 1 heterocycles. The SMILES string of the molecule is COCOCc1ccccc1[C@@H](N)[C@@H]1O[C@H]1CO[Si](C)(C)C(C)(C)C.